The fraction of sp³-hybridized carbons (Fsp3) is 0.267. The summed E-state index contributed by atoms with van der Waals surface area (Å²) in [6.45, 7) is 6.04. The van der Waals surface area contributed by atoms with Crippen molar-refractivity contribution in [1.82, 2.24) is 14.7 Å². The fourth-order valence-corrected chi connectivity index (χ4v) is 2.34. The Kier molecular flexibility index (Phi) is 2.79. The second-order valence-corrected chi connectivity index (χ2v) is 5.04. The standard InChI is InChI=1S/C15H14N4O/c1-9(2)19-14-5-4-11(8-16)7-12(14)17-15(19)13-6-10(3)20-18-13/h4-7,9H,1-3H3. The van der Waals surface area contributed by atoms with Crippen LogP contribution in [-0.2, 0) is 0 Å². The molecule has 2 heterocycles. The Balaban J connectivity index is 2.31. The van der Waals surface area contributed by atoms with Crippen molar-refractivity contribution >= 4 is 11.0 Å². The molecular weight excluding hydrogens is 252 g/mol. The molecule has 0 amide bonds. The van der Waals surface area contributed by atoms with Crippen LogP contribution in [-0.4, -0.2) is 14.7 Å². The lowest BCUT2D eigenvalue weighted by Crippen LogP contribution is -2.03. The van der Waals surface area contributed by atoms with Gasteiger partial charge < -0.3 is 9.09 Å². The Hall–Kier alpha value is -2.61. The third kappa shape index (κ3) is 1.86. The summed E-state index contributed by atoms with van der Waals surface area (Å²) in [5.74, 6) is 1.52. The molecule has 0 fully saturated rings. The van der Waals surface area contributed by atoms with Gasteiger partial charge in [0.05, 0.1) is 22.7 Å². The van der Waals surface area contributed by atoms with Gasteiger partial charge in [0.1, 0.15) is 11.5 Å². The molecule has 0 spiro atoms. The molecule has 0 radical (unpaired) electrons. The summed E-state index contributed by atoms with van der Waals surface area (Å²) in [5, 5.41) is 13.0. The van der Waals surface area contributed by atoms with Crippen molar-refractivity contribution in [1.29, 1.82) is 5.26 Å². The summed E-state index contributed by atoms with van der Waals surface area (Å²) in [6.07, 6.45) is 0. The Labute approximate surface area is 116 Å². The van der Waals surface area contributed by atoms with E-state index in [9.17, 15) is 0 Å². The Morgan fingerprint density at radius 3 is 2.70 bits per heavy atom. The summed E-state index contributed by atoms with van der Waals surface area (Å²) in [4.78, 5) is 4.62. The zero-order chi connectivity index (χ0) is 14.3. The molecule has 2 aromatic heterocycles. The molecule has 0 atom stereocenters. The zero-order valence-corrected chi connectivity index (χ0v) is 11.6. The van der Waals surface area contributed by atoms with Crippen LogP contribution in [0.4, 0.5) is 0 Å². The summed E-state index contributed by atoms with van der Waals surface area (Å²) in [5.41, 5.74) is 3.11. The summed E-state index contributed by atoms with van der Waals surface area (Å²) < 4.78 is 7.24. The van der Waals surface area contributed by atoms with Gasteiger partial charge >= 0.3 is 0 Å². The predicted octanol–water partition coefficient (Wildman–Crippen LogP) is 3.45. The molecule has 1 aromatic carbocycles. The molecule has 0 saturated heterocycles. The van der Waals surface area contributed by atoms with Gasteiger partial charge in [0.2, 0.25) is 0 Å². The molecule has 5 nitrogen and oxygen atoms in total. The molecule has 5 heteroatoms. The first-order valence-electron chi connectivity index (χ1n) is 6.46. The predicted molar refractivity (Wildman–Crippen MR) is 75.1 cm³/mol. The number of aromatic nitrogens is 3. The molecule has 0 N–H and O–H groups in total. The van der Waals surface area contributed by atoms with E-state index in [0.29, 0.717) is 11.3 Å². The van der Waals surface area contributed by atoms with E-state index in [0.717, 1.165) is 22.6 Å². The quantitative estimate of drug-likeness (QED) is 0.712. The van der Waals surface area contributed by atoms with Crippen LogP contribution in [0.1, 0.15) is 31.2 Å². The first-order chi connectivity index (χ1) is 9.60. The number of nitriles is 1. The molecular formula is C15H14N4O. The molecule has 20 heavy (non-hydrogen) atoms. The van der Waals surface area contributed by atoms with Crippen LogP contribution < -0.4 is 0 Å². The van der Waals surface area contributed by atoms with Crippen LogP contribution in [0.2, 0.25) is 0 Å². The Morgan fingerprint density at radius 1 is 1.30 bits per heavy atom. The lowest BCUT2D eigenvalue weighted by molar-refractivity contribution is 0.398. The number of aryl methyl sites for hydroxylation is 1. The maximum atomic E-state index is 8.99. The van der Waals surface area contributed by atoms with Crippen LogP contribution in [0, 0.1) is 18.3 Å². The molecule has 0 unspecified atom stereocenters. The first kappa shape index (κ1) is 12.4. The van der Waals surface area contributed by atoms with Crippen molar-refractivity contribution in [3.8, 4) is 17.6 Å². The second kappa shape index (κ2) is 4.49. The van der Waals surface area contributed by atoms with E-state index in [-0.39, 0.29) is 6.04 Å². The normalized spacial score (nSPS) is 11.2. The molecule has 0 aliphatic carbocycles. The van der Waals surface area contributed by atoms with E-state index >= 15 is 0 Å². The second-order valence-electron chi connectivity index (χ2n) is 5.04. The lowest BCUT2D eigenvalue weighted by Gasteiger charge is -2.11. The fourth-order valence-electron chi connectivity index (χ4n) is 2.34. The van der Waals surface area contributed by atoms with Crippen LogP contribution in [0.5, 0.6) is 0 Å². The van der Waals surface area contributed by atoms with Crippen LogP contribution in [0.3, 0.4) is 0 Å². The van der Waals surface area contributed by atoms with E-state index in [1.807, 2.05) is 19.1 Å². The van der Waals surface area contributed by atoms with Gasteiger partial charge in [-0.05, 0) is 39.0 Å². The monoisotopic (exact) mass is 266 g/mol. The molecule has 0 saturated carbocycles. The largest absolute Gasteiger partial charge is 0.361 e. The number of nitrogens with zero attached hydrogens (tertiary/aromatic N) is 4. The van der Waals surface area contributed by atoms with E-state index in [4.69, 9.17) is 9.78 Å². The number of rotatable bonds is 2. The molecule has 0 bridgehead atoms. The highest BCUT2D eigenvalue weighted by atomic mass is 16.5. The highest BCUT2D eigenvalue weighted by Gasteiger charge is 2.17. The Bertz CT molecular complexity index is 820. The molecule has 100 valence electrons. The third-order valence-corrected chi connectivity index (χ3v) is 3.19. The maximum absolute atomic E-state index is 8.99. The van der Waals surface area contributed by atoms with Crippen molar-refractivity contribution in [2.45, 2.75) is 26.8 Å². The van der Waals surface area contributed by atoms with Gasteiger partial charge in [0, 0.05) is 12.1 Å². The van der Waals surface area contributed by atoms with Crippen LogP contribution >= 0.6 is 0 Å². The van der Waals surface area contributed by atoms with Crippen molar-refractivity contribution in [2.75, 3.05) is 0 Å². The van der Waals surface area contributed by atoms with E-state index in [2.05, 4.69) is 34.6 Å². The highest BCUT2D eigenvalue weighted by molar-refractivity contribution is 5.81. The summed E-state index contributed by atoms with van der Waals surface area (Å²) in [7, 11) is 0. The number of hydrogen-bond donors (Lipinski definition) is 0. The van der Waals surface area contributed by atoms with E-state index < -0.39 is 0 Å². The van der Waals surface area contributed by atoms with Crippen molar-refractivity contribution in [2.24, 2.45) is 0 Å². The van der Waals surface area contributed by atoms with Gasteiger partial charge in [-0.15, -0.1) is 0 Å². The molecule has 3 aromatic rings. The molecule has 0 aliphatic rings. The Morgan fingerprint density at radius 2 is 2.10 bits per heavy atom. The number of hydrogen-bond acceptors (Lipinski definition) is 4. The van der Waals surface area contributed by atoms with E-state index in [1.54, 1.807) is 12.1 Å². The van der Waals surface area contributed by atoms with Gasteiger partial charge in [-0.2, -0.15) is 5.26 Å². The third-order valence-electron chi connectivity index (χ3n) is 3.19. The van der Waals surface area contributed by atoms with Crippen LogP contribution in [0.25, 0.3) is 22.6 Å². The van der Waals surface area contributed by atoms with Gasteiger partial charge in [-0.3, -0.25) is 0 Å². The zero-order valence-electron chi connectivity index (χ0n) is 11.6. The summed E-state index contributed by atoms with van der Waals surface area (Å²) >= 11 is 0. The first-order valence-corrected chi connectivity index (χ1v) is 6.46. The van der Waals surface area contributed by atoms with Crippen molar-refractivity contribution < 1.29 is 4.52 Å². The minimum absolute atomic E-state index is 0.236. The lowest BCUT2D eigenvalue weighted by atomic mass is 10.2. The topological polar surface area (TPSA) is 67.6 Å². The van der Waals surface area contributed by atoms with Gasteiger partial charge in [0.15, 0.2) is 5.82 Å². The van der Waals surface area contributed by atoms with Gasteiger partial charge in [0.25, 0.3) is 0 Å². The highest BCUT2D eigenvalue weighted by Crippen LogP contribution is 2.28. The van der Waals surface area contributed by atoms with Gasteiger partial charge in [-0.1, -0.05) is 5.16 Å². The molecule has 3 rings (SSSR count). The number of imidazole rings is 1. The van der Waals surface area contributed by atoms with Gasteiger partial charge in [-0.25, -0.2) is 4.98 Å². The SMILES string of the molecule is Cc1cc(-c2nc3cc(C#N)ccc3n2C(C)C)no1. The average Bonchev–Trinajstić information content (AvgIpc) is 3.00. The minimum atomic E-state index is 0.236. The van der Waals surface area contributed by atoms with Crippen molar-refractivity contribution in [3.05, 3.63) is 35.6 Å². The number of benzene rings is 1. The molecule has 0 aliphatic heterocycles. The van der Waals surface area contributed by atoms with E-state index in [1.165, 1.54) is 0 Å². The minimum Gasteiger partial charge on any atom is -0.361 e. The summed E-state index contributed by atoms with van der Waals surface area (Å²) in [6, 6.07) is 9.77. The average molecular weight is 266 g/mol. The maximum Gasteiger partial charge on any atom is 0.163 e. The number of fused-ring (bicyclic) bond motifs is 1. The smallest absolute Gasteiger partial charge is 0.163 e. The van der Waals surface area contributed by atoms with Crippen molar-refractivity contribution in [3.63, 3.8) is 0 Å². The van der Waals surface area contributed by atoms with Crippen LogP contribution in [0.15, 0.2) is 28.8 Å².